The fraction of sp³-hybridized carbons (Fsp3) is 0.333. The van der Waals surface area contributed by atoms with Crippen molar-refractivity contribution in [3.63, 3.8) is 0 Å². The van der Waals surface area contributed by atoms with Crippen molar-refractivity contribution in [2.75, 3.05) is 29.1 Å². The van der Waals surface area contributed by atoms with Gasteiger partial charge >= 0.3 is 0 Å². The Morgan fingerprint density at radius 2 is 2.12 bits per heavy atom. The number of nitrogens with zero attached hydrogens (tertiary/aromatic N) is 4. The fourth-order valence-electron chi connectivity index (χ4n) is 2.37. The largest absolute Gasteiger partial charge is 0.357 e. The lowest BCUT2D eigenvalue weighted by Crippen LogP contribution is -2.33. The number of nitrogens with one attached hydrogen (secondary N) is 1. The molecule has 6 nitrogen and oxygen atoms in total. The van der Waals surface area contributed by atoms with Gasteiger partial charge in [0.2, 0.25) is 11.0 Å². The number of carbonyl (C=O) groups is 1. The van der Waals surface area contributed by atoms with Gasteiger partial charge in [0.25, 0.3) is 0 Å². The molecule has 0 fully saturated rings. The van der Waals surface area contributed by atoms with E-state index in [-0.39, 0.29) is 18.1 Å². The van der Waals surface area contributed by atoms with E-state index in [0.717, 1.165) is 21.2 Å². The zero-order valence-electron chi connectivity index (χ0n) is 14.9. The molecule has 0 bridgehead atoms. The number of hydrogen-bond donors (Lipinski definition) is 1. The SMILES string of the molecule is C=CCNc1nnc(SCC(=O)N(CCC#N)c2cc(C)cc(C)c2)s1. The van der Waals surface area contributed by atoms with E-state index in [1.807, 2.05) is 26.0 Å². The van der Waals surface area contributed by atoms with Crippen molar-refractivity contribution in [3.8, 4) is 6.07 Å². The maximum atomic E-state index is 12.7. The summed E-state index contributed by atoms with van der Waals surface area (Å²) in [4.78, 5) is 14.4. The number of hydrogen-bond acceptors (Lipinski definition) is 7. The molecular formula is C18H21N5OS2. The quantitative estimate of drug-likeness (QED) is 0.521. The predicted molar refractivity (Wildman–Crippen MR) is 108 cm³/mol. The van der Waals surface area contributed by atoms with Crippen LogP contribution in [0.5, 0.6) is 0 Å². The van der Waals surface area contributed by atoms with E-state index in [1.165, 1.54) is 23.1 Å². The van der Waals surface area contributed by atoms with Gasteiger partial charge in [0.1, 0.15) is 0 Å². The van der Waals surface area contributed by atoms with Crippen molar-refractivity contribution < 1.29 is 4.79 Å². The van der Waals surface area contributed by atoms with Crippen LogP contribution in [0.3, 0.4) is 0 Å². The van der Waals surface area contributed by atoms with Gasteiger partial charge in [-0.1, -0.05) is 35.2 Å². The Labute approximate surface area is 161 Å². The van der Waals surface area contributed by atoms with Crippen molar-refractivity contribution in [1.29, 1.82) is 5.26 Å². The monoisotopic (exact) mass is 387 g/mol. The van der Waals surface area contributed by atoms with Gasteiger partial charge in [-0.25, -0.2) is 0 Å². The number of carbonyl (C=O) groups excluding carboxylic acids is 1. The van der Waals surface area contributed by atoms with E-state index >= 15 is 0 Å². The van der Waals surface area contributed by atoms with Gasteiger partial charge in [0.05, 0.1) is 18.2 Å². The first-order valence-corrected chi connectivity index (χ1v) is 9.90. The molecule has 0 saturated heterocycles. The molecule has 1 aromatic heterocycles. The Bertz CT molecular complexity index is 792. The lowest BCUT2D eigenvalue weighted by Gasteiger charge is -2.22. The van der Waals surface area contributed by atoms with Crippen molar-refractivity contribution in [2.45, 2.75) is 24.6 Å². The minimum atomic E-state index is -0.0500. The molecule has 0 aliphatic heterocycles. The van der Waals surface area contributed by atoms with Gasteiger partial charge in [-0.15, -0.1) is 16.8 Å². The standard InChI is InChI=1S/C18H21N5OS2/c1-4-7-20-17-21-22-18(26-17)25-12-16(24)23(8-5-6-19)15-10-13(2)9-14(3)11-15/h4,9-11H,1,5,7-8,12H2,2-3H3,(H,20,21). The second-order valence-corrected chi connectivity index (χ2v) is 7.83. The van der Waals surface area contributed by atoms with Crippen LogP contribution in [0.15, 0.2) is 35.2 Å². The molecule has 0 radical (unpaired) electrons. The van der Waals surface area contributed by atoms with Gasteiger partial charge in [-0.3, -0.25) is 4.79 Å². The van der Waals surface area contributed by atoms with Crippen LogP contribution in [0, 0.1) is 25.2 Å². The third-order valence-corrected chi connectivity index (χ3v) is 5.39. The minimum Gasteiger partial charge on any atom is -0.357 e. The second kappa shape index (κ2) is 9.94. The fourth-order valence-corrected chi connectivity index (χ4v) is 4.00. The van der Waals surface area contributed by atoms with Gasteiger partial charge < -0.3 is 10.2 Å². The maximum absolute atomic E-state index is 12.7. The molecule has 2 aromatic rings. The number of amides is 1. The Morgan fingerprint density at radius 1 is 1.38 bits per heavy atom. The summed E-state index contributed by atoms with van der Waals surface area (Å²) >= 11 is 2.76. The molecular weight excluding hydrogens is 366 g/mol. The van der Waals surface area contributed by atoms with Gasteiger partial charge in [-0.05, 0) is 37.1 Å². The smallest absolute Gasteiger partial charge is 0.237 e. The Kier molecular flexibility index (Phi) is 7.63. The van der Waals surface area contributed by atoms with E-state index < -0.39 is 0 Å². The molecule has 0 atom stereocenters. The first-order valence-electron chi connectivity index (χ1n) is 8.10. The van der Waals surface area contributed by atoms with Crippen LogP contribution in [-0.2, 0) is 4.79 Å². The third-order valence-electron chi connectivity index (χ3n) is 3.39. The molecule has 2 rings (SSSR count). The topological polar surface area (TPSA) is 81.9 Å². The summed E-state index contributed by atoms with van der Waals surface area (Å²) in [5.74, 6) is 0.195. The van der Waals surface area contributed by atoms with Crippen LogP contribution in [0.25, 0.3) is 0 Å². The first kappa shape index (κ1) is 19.9. The number of anilines is 2. The van der Waals surface area contributed by atoms with E-state index in [0.29, 0.717) is 18.2 Å². The molecule has 0 aliphatic carbocycles. The predicted octanol–water partition coefficient (Wildman–Crippen LogP) is 3.79. The highest BCUT2D eigenvalue weighted by atomic mass is 32.2. The third kappa shape index (κ3) is 5.86. The highest BCUT2D eigenvalue weighted by Crippen LogP contribution is 2.27. The average Bonchev–Trinajstić information content (AvgIpc) is 3.05. The van der Waals surface area contributed by atoms with E-state index in [2.05, 4.69) is 34.2 Å². The van der Waals surface area contributed by atoms with Crippen LogP contribution >= 0.6 is 23.1 Å². The zero-order valence-corrected chi connectivity index (χ0v) is 16.5. The van der Waals surface area contributed by atoms with Crippen LogP contribution in [0.4, 0.5) is 10.8 Å². The first-order chi connectivity index (χ1) is 12.5. The highest BCUT2D eigenvalue weighted by molar-refractivity contribution is 8.01. The molecule has 26 heavy (non-hydrogen) atoms. The van der Waals surface area contributed by atoms with E-state index in [4.69, 9.17) is 5.26 Å². The number of aryl methyl sites for hydroxylation is 2. The molecule has 8 heteroatoms. The number of rotatable bonds is 9. The molecule has 1 N–H and O–H groups in total. The normalized spacial score (nSPS) is 10.2. The number of thioether (sulfide) groups is 1. The summed E-state index contributed by atoms with van der Waals surface area (Å²) in [5, 5.41) is 20.8. The minimum absolute atomic E-state index is 0.0500. The summed E-state index contributed by atoms with van der Waals surface area (Å²) in [6, 6.07) is 8.11. The van der Waals surface area contributed by atoms with Crippen LogP contribution in [-0.4, -0.2) is 34.9 Å². The highest BCUT2D eigenvalue weighted by Gasteiger charge is 2.17. The summed E-state index contributed by atoms with van der Waals surface area (Å²) in [7, 11) is 0. The van der Waals surface area contributed by atoms with Gasteiger partial charge in [0, 0.05) is 18.8 Å². The number of aromatic nitrogens is 2. The van der Waals surface area contributed by atoms with Crippen molar-refractivity contribution in [2.24, 2.45) is 0 Å². The van der Waals surface area contributed by atoms with E-state index in [1.54, 1.807) is 11.0 Å². The molecule has 0 unspecified atom stereocenters. The molecule has 0 aliphatic rings. The lowest BCUT2D eigenvalue weighted by atomic mass is 10.1. The van der Waals surface area contributed by atoms with E-state index in [9.17, 15) is 4.79 Å². The summed E-state index contributed by atoms with van der Waals surface area (Å²) in [5.41, 5.74) is 3.00. The van der Waals surface area contributed by atoms with Gasteiger partial charge in [-0.2, -0.15) is 5.26 Å². The molecule has 136 valence electrons. The number of nitriles is 1. The summed E-state index contributed by atoms with van der Waals surface area (Å²) < 4.78 is 0.727. The molecule has 1 heterocycles. The van der Waals surface area contributed by atoms with Crippen LogP contribution in [0.2, 0.25) is 0 Å². The average molecular weight is 388 g/mol. The lowest BCUT2D eigenvalue weighted by molar-refractivity contribution is -0.116. The summed E-state index contributed by atoms with van der Waals surface area (Å²) in [6.45, 7) is 8.63. The Hall–Kier alpha value is -2.37. The van der Waals surface area contributed by atoms with Crippen molar-refractivity contribution >= 4 is 39.8 Å². The maximum Gasteiger partial charge on any atom is 0.237 e. The number of benzene rings is 1. The Morgan fingerprint density at radius 3 is 2.77 bits per heavy atom. The molecule has 0 saturated carbocycles. The Balaban J connectivity index is 2.05. The van der Waals surface area contributed by atoms with Gasteiger partial charge in [0.15, 0.2) is 4.34 Å². The zero-order chi connectivity index (χ0) is 18.9. The molecule has 1 amide bonds. The van der Waals surface area contributed by atoms with Crippen molar-refractivity contribution in [3.05, 3.63) is 42.0 Å². The van der Waals surface area contributed by atoms with Crippen LogP contribution in [0.1, 0.15) is 17.5 Å². The van der Waals surface area contributed by atoms with Crippen LogP contribution < -0.4 is 10.2 Å². The molecule has 1 aromatic carbocycles. The second-order valence-electron chi connectivity index (χ2n) is 5.63. The molecule has 0 spiro atoms. The van der Waals surface area contributed by atoms with Crippen molar-refractivity contribution in [1.82, 2.24) is 10.2 Å². The summed E-state index contributed by atoms with van der Waals surface area (Å²) in [6.07, 6.45) is 2.03.